The van der Waals surface area contributed by atoms with Crippen LogP contribution in [0.4, 0.5) is 15.8 Å². The third kappa shape index (κ3) is 4.14. The molecule has 1 aromatic rings. The Labute approximate surface area is 123 Å². The number of non-ortho nitro benzene ring substituents is 1. The SMILES string of the molecule is CC[C@H](C)[C@H](Nc1ccc([N+](=O)[O-])cc1F)C(=O)N(C)C. The van der Waals surface area contributed by atoms with Gasteiger partial charge in [-0.15, -0.1) is 0 Å². The number of hydrogen-bond acceptors (Lipinski definition) is 4. The van der Waals surface area contributed by atoms with Gasteiger partial charge >= 0.3 is 0 Å². The first-order chi connectivity index (χ1) is 9.77. The largest absolute Gasteiger partial charge is 0.371 e. The lowest BCUT2D eigenvalue weighted by Gasteiger charge is -2.27. The van der Waals surface area contributed by atoms with Gasteiger partial charge in [0.05, 0.1) is 16.7 Å². The number of benzene rings is 1. The molecule has 21 heavy (non-hydrogen) atoms. The molecule has 2 atom stereocenters. The molecule has 0 aliphatic heterocycles. The molecule has 0 bridgehead atoms. The Morgan fingerprint density at radius 1 is 1.48 bits per heavy atom. The fraction of sp³-hybridized carbons (Fsp3) is 0.500. The first-order valence-electron chi connectivity index (χ1n) is 6.69. The summed E-state index contributed by atoms with van der Waals surface area (Å²) >= 11 is 0. The predicted octanol–water partition coefficient (Wildman–Crippen LogP) is 2.65. The summed E-state index contributed by atoms with van der Waals surface area (Å²) in [5, 5.41) is 13.5. The molecule has 0 spiro atoms. The predicted molar refractivity (Wildman–Crippen MR) is 78.6 cm³/mol. The summed E-state index contributed by atoms with van der Waals surface area (Å²) in [6, 6.07) is 2.75. The maximum absolute atomic E-state index is 13.9. The second-order valence-corrected chi connectivity index (χ2v) is 5.16. The Bertz CT molecular complexity index is 534. The van der Waals surface area contributed by atoms with Crippen molar-refractivity contribution in [2.24, 2.45) is 5.92 Å². The maximum Gasteiger partial charge on any atom is 0.272 e. The summed E-state index contributed by atoms with van der Waals surface area (Å²) in [4.78, 5) is 23.5. The normalized spacial score (nSPS) is 13.4. The van der Waals surface area contributed by atoms with E-state index in [0.29, 0.717) is 0 Å². The minimum atomic E-state index is -0.746. The summed E-state index contributed by atoms with van der Waals surface area (Å²) < 4.78 is 13.9. The first-order valence-corrected chi connectivity index (χ1v) is 6.69. The second kappa shape index (κ2) is 7.01. The summed E-state index contributed by atoms with van der Waals surface area (Å²) in [5.41, 5.74) is -0.238. The molecule has 1 aromatic carbocycles. The van der Waals surface area contributed by atoms with Gasteiger partial charge in [0.1, 0.15) is 6.04 Å². The van der Waals surface area contributed by atoms with E-state index in [9.17, 15) is 19.3 Å². The van der Waals surface area contributed by atoms with Crippen LogP contribution in [0.2, 0.25) is 0 Å². The topological polar surface area (TPSA) is 75.5 Å². The zero-order valence-electron chi connectivity index (χ0n) is 12.6. The first kappa shape index (κ1) is 16.9. The highest BCUT2D eigenvalue weighted by molar-refractivity contribution is 5.84. The van der Waals surface area contributed by atoms with Crippen LogP contribution < -0.4 is 5.32 Å². The number of carbonyl (C=O) groups excluding carboxylic acids is 1. The Morgan fingerprint density at radius 2 is 2.10 bits per heavy atom. The number of halogens is 1. The fourth-order valence-electron chi connectivity index (χ4n) is 1.86. The fourth-order valence-corrected chi connectivity index (χ4v) is 1.86. The number of hydrogen-bond donors (Lipinski definition) is 1. The summed E-state index contributed by atoms with van der Waals surface area (Å²) in [5.74, 6) is -0.916. The van der Waals surface area contributed by atoms with E-state index in [-0.39, 0.29) is 23.2 Å². The molecule has 0 unspecified atom stereocenters. The highest BCUT2D eigenvalue weighted by Crippen LogP contribution is 2.23. The zero-order chi connectivity index (χ0) is 16.2. The van der Waals surface area contributed by atoms with Crippen molar-refractivity contribution in [3.05, 3.63) is 34.1 Å². The van der Waals surface area contributed by atoms with Crippen LogP contribution in [-0.2, 0) is 4.79 Å². The molecule has 1 N–H and O–H groups in total. The van der Waals surface area contributed by atoms with Crippen LogP contribution in [0.25, 0.3) is 0 Å². The van der Waals surface area contributed by atoms with Gasteiger partial charge in [-0.3, -0.25) is 14.9 Å². The molecule has 1 rings (SSSR count). The number of amides is 1. The molecule has 0 heterocycles. The van der Waals surface area contributed by atoms with E-state index in [1.54, 1.807) is 14.1 Å². The lowest BCUT2D eigenvalue weighted by molar-refractivity contribution is -0.385. The molecule has 116 valence electrons. The standard InChI is InChI=1S/C14H20FN3O3/c1-5-9(2)13(14(19)17(3)4)16-12-7-6-10(18(20)21)8-11(12)15/h6-9,13,16H,5H2,1-4H3/t9-,13-/m0/s1. The van der Waals surface area contributed by atoms with Gasteiger partial charge in [0.15, 0.2) is 5.82 Å². The number of likely N-dealkylation sites (N-methyl/N-ethyl adjacent to an activating group) is 1. The molecule has 0 saturated carbocycles. The average Bonchev–Trinajstić information content (AvgIpc) is 2.44. The van der Waals surface area contributed by atoms with Crippen LogP contribution in [0.5, 0.6) is 0 Å². The van der Waals surface area contributed by atoms with E-state index < -0.39 is 16.8 Å². The number of carbonyl (C=O) groups is 1. The molecule has 0 aromatic heterocycles. The van der Waals surface area contributed by atoms with Gasteiger partial charge in [-0.25, -0.2) is 4.39 Å². The van der Waals surface area contributed by atoms with Gasteiger partial charge in [0.25, 0.3) is 5.69 Å². The van der Waals surface area contributed by atoms with Gasteiger partial charge in [-0.05, 0) is 12.0 Å². The highest BCUT2D eigenvalue weighted by Gasteiger charge is 2.26. The average molecular weight is 297 g/mol. The molecule has 1 amide bonds. The van der Waals surface area contributed by atoms with Crippen LogP contribution in [0.1, 0.15) is 20.3 Å². The van der Waals surface area contributed by atoms with Gasteiger partial charge in [-0.1, -0.05) is 20.3 Å². The second-order valence-electron chi connectivity index (χ2n) is 5.16. The monoisotopic (exact) mass is 297 g/mol. The smallest absolute Gasteiger partial charge is 0.272 e. The Balaban J connectivity index is 3.04. The van der Waals surface area contributed by atoms with Crippen molar-refractivity contribution in [3.63, 3.8) is 0 Å². The van der Waals surface area contributed by atoms with Crippen LogP contribution in [0, 0.1) is 21.8 Å². The zero-order valence-corrected chi connectivity index (χ0v) is 12.6. The van der Waals surface area contributed by atoms with Crippen molar-refractivity contribution in [1.29, 1.82) is 0 Å². The number of nitro benzene ring substituents is 1. The lowest BCUT2D eigenvalue weighted by atomic mass is 9.97. The van der Waals surface area contributed by atoms with Crippen LogP contribution in [-0.4, -0.2) is 35.9 Å². The number of nitro groups is 1. The van der Waals surface area contributed by atoms with E-state index in [4.69, 9.17) is 0 Å². The van der Waals surface area contributed by atoms with E-state index >= 15 is 0 Å². The Morgan fingerprint density at radius 3 is 2.52 bits per heavy atom. The number of nitrogens with zero attached hydrogens (tertiary/aromatic N) is 2. The quantitative estimate of drug-likeness (QED) is 0.647. The summed E-state index contributed by atoms with van der Waals surface area (Å²) in [6.07, 6.45) is 0.742. The maximum atomic E-state index is 13.9. The Kier molecular flexibility index (Phi) is 5.63. The molecule has 0 fully saturated rings. The van der Waals surface area contributed by atoms with Crippen molar-refractivity contribution in [2.45, 2.75) is 26.3 Å². The van der Waals surface area contributed by atoms with Gasteiger partial charge in [0.2, 0.25) is 5.91 Å². The van der Waals surface area contributed by atoms with Gasteiger partial charge in [0, 0.05) is 20.2 Å². The lowest BCUT2D eigenvalue weighted by Crippen LogP contribution is -2.43. The number of nitrogens with one attached hydrogen (secondary N) is 1. The molecule has 6 nitrogen and oxygen atoms in total. The molecule has 0 aliphatic rings. The molecule has 0 radical (unpaired) electrons. The van der Waals surface area contributed by atoms with E-state index in [1.165, 1.54) is 17.0 Å². The van der Waals surface area contributed by atoms with Crippen molar-refractivity contribution in [1.82, 2.24) is 4.90 Å². The number of rotatable bonds is 6. The molecule has 0 aliphatic carbocycles. The highest BCUT2D eigenvalue weighted by atomic mass is 19.1. The van der Waals surface area contributed by atoms with Crippen molar-refractivity contribution in [2.75, 3.05) is 19.4 Å². The van der Waals surface area contributed by atoms with Gasteiger partial charge in [-0.2, -0.15) is 0 Å². The van der Waals surface area contributed by atoms with E-state index in [0.717, 1.165) is 12.5 Å². The summed E-state index contributed by atoms with van der Waals surface area (Å²) in [7, 11) is 3.26. The van der Waals surface area contributed by atoms with E-state index in [1.807, 2.05) is 13.8 Å². The Hall–Kier alpha value is -2.18. The minimum Gasteiger partial charge on any atom is -0.371 e. The van der Waals surface area contributed by atoms with Crippen molar-refractivity contribution < 1.29 is 14.1 Å². The molecular weight excluding hydrogens is 277 g/mol. The molecule has 0 saturated heterocycles. The third-order valence-electron chi connectivity index (χ3n) is 3.39. The molecule has 7 heteroatoms. The molecular formula is C14H20FN3O3. The van der Waals surface area contributed by atoms with Crippen LogP contribution >= 0.6 is 0 Å². The summed E-state index contributed by atoms with van der Waals surface area (Å²) in [6.45, 7) is 3.83. The number of anilines is 1. The van der Waals surface area contributed by atoms with Crippen LogP contribution in [0.15, 0.2) is 18.2 Å². The van der Waals surface area contributed by atoms with E-state index in [2.05, 4.69) is 5.32 Å². The third-order valence-corrected chi connectivity index (χ3v) is 3.39. The van der Waals surface area contributed by atoms with Gasteiger partial charge < -0.3 is 10.2 Å². The van der Waals surface area contributed by atoms with Crippen molar-refractivity contribution in [3.8, 4) is 0 Å². The van der Waals surface area contributed by atoms with Crippen LogP contribution in [0.3, 0.4) is 0 Å². The van der Waals surface area contributed by atoms with Crippen molar-refractivity contribution >= 4 is 17.3 Å². The minimum absolute atomic E-state index is 0.00510.